The molecule has 0 saturated heterocycles. The van der Waals surface area contributed by atoms with Crippen molar-refractivity contribution in [3.8, 4) is 22.6 Å². The first kappa shape index (κ1) is 25.9. The Morgan fingerprint density at radius 2 is 1.64 bits per heavy atom. The Kier molecular flexibility index (Phi) is 6.15. The first-order chi connectivity index (χ1) is 18.3. The van der Waals surface area contributed by atoms with Crippen LogP contribution >= 0.6 is 0 Å². The van der Waals surface area contributed by atoms with Gasteiger partial charge in [-0.2, -0.15) is 31.4 Å². The van der Waals surface area contributed by atoms with Gasteiger partial charge in [-0.25, -0.2) is 13.8 Å². The Morgan fingerprint density at radius 3 is 2.31 bits per heavy atom. The highest BCUT2D eigenvalue weighted by atomic mass is 19.4. The normalized spacial score (nSPS) is 12.3. The summed E-state index contributed by atoms with van der Waals surface area (Å²) in [4.78, 5) is 7.01. The lowest BCUT2D eigenvalue weighted by Crippen LogP contribution is -2.39. The minimum atomic E-state index is -5.07. The zero-order valence-electron chi connectivity index (χ0n) is 19.2. The average Bonchev–Trinajstić information content (AvgIpc) is 3.29. The average molecular weight is 552 g/mol. The van der Waals surface area contributed by atoms with E-state index in [4.69, 9.17) is 5.73 Å². The monoisotopic (exact) mass is 552 g/mol. The molecule has 0 aliphatic carbocycles. The lowest BCUT2D eigenvalue weighted by Gasteiger charge is -2.15. The quantitative estimate of drug-likeness (QED) is 0.233. The molecule has 0 aliphatic rings. The molecule has 2 aromatic carbocycles. The second kappa shape index (κ2) is 9.25. The molecule has 39 heavy (non-hydrogen) atoms. The molecule has 3 N–H and O–H groups in total. The number of nitrogens with two attached hydrogens (primary N) is 1. The number of nitrogens with one attached hydrogen (secondary N) is 1. The number of hydrogen-bond acceptors (Lipinski definition) is 5. The molecule has 0 amide bonds. The SMILES string of the molecule is Nc1n[n+](Cc2ccc(-c3ccc(C(F)(F)F)cc3C(F)(F)F)nn2)cc2[nH]c(-c3cccc(F)c3F)nc12. The van der Waals surface area contributed by atoms with Crippen LogP contribution in [-0.4, -0.2) is 25.3 Å². The van der Waals surface area contributed by atoms with Gasteiger partial charge in [-0.15, -0.1) is 5.10 Å². The van der Waals surface area contributed by atoms with E-state index in [-0.39, 0.29) is 46.7 Å². The summed E-state index contributed by atoms with van der Waals surface area (Å²) >= 11 is 0. The van der Waals surface area contributed by atoms with Crippen LogP contribution in [0.2, 0.25) is 0 Å². The van der Waals surface area contributed by atoms with Gasteiger partial charge in [-0.1, -0.05) is 16.8 Å². The second-order valence-electron chi connectivity index (χ2n) is 8.33. The fourth-order valence-electron chi connectivity index (χ4n) is 3.87. The number of imidazole rings is 1. The van der Waals surface area contributed by atoms with Gasteiger partial charge in [-0.3, -0.25) is 0 Å². The number of aromatic amines is 1. The summed E-state index contributed by atoms with van der Waals surface area (Å²) in [6.07, 6.45) is -8.57. The van der Waals surface area contributed by atoms with Crippen LogP contribution in [0, 0.1) is 11.6 Å². The van der Waals surface area contributed by atoms with Crippen molar-refractivity contribution in [3.05, 3.63) is 83.2 Å². The van der Waals surface area contributed by atoms with Crippen LogP contribution in [0.1, 0.15) is 16.8 Å². The van der Waals surface area contributed by atoms with Crippen LogP contribution in [0.15, 0.2) is 54.7 Å². The van der Waals surface area contributed by atoms with E-state index in [1.807, 2.05) is 0 Å². The Morgan fingerprint density at radius 1 is 0.872 bits per heavy atom. The Hall–Kier alpha value is -4.69. The molecule has 0 aliphatic heterocycles. The summed E-state index contributed by atoms with van der Waals surface area (Å²) in [5.41, 5.74) is 2.78. The maximum Gasteiger partial charge on any atom is 0.417 e. The number of anilines is 1. The van der Waals surface area contributed by atoms with E-state index in [9.17, 15) is 35.1 Å². The molecule has 0 radical (unpaired) electrons. The molecule has 0 saturated carbocycles. The van der Waals surface area contributed by atoms with Gasteiger partial charge in [0.05, 0.1) is 22.4 Å². The van der Waals surface area contributed by atoms with Crippen LogP contribution in [0.25, 0.3) is 33.7 Å². The third-order valence-corrected chi connectivity index (χ3v) is 5.67. The van der Waals surface area contributed by atoms with E-state index in [0.29, 0.717) is 17.6 Å². The lowest BCUT2D eigenvalue weighted by molar-refractivity contribution is -0.744. The number of halogens is 8. The van der Waals surface area contributed by atoms with Gasteiger partial charge < -0.3 is 10.7 Å². The fourth-order valence-corrected chi connectivity index (χ4v) is 3.87. The third kappa shape index (κ3) is 5.06. The zero-order valence-corrected chi connectivity index (χ0v) is 19.2. The van der Waals surface area contributed by atoms with Gasteiger partial charge >= 0.3 is 12.4 Å². The Bertz CT molecular complexity index is 1690. The number of H-pyrrole nitrogens is 1. The van der Waals surface area contributed by atoms with Gasteiger partial charge in [0.1, 0.15) is 22.6 Å². The van der Waals surface area contributed by atoms with Crippen molar-refractivity contribution in [1.82, 2.24) is 25.3 Å². The zero-order chi connectivity index (χ0) is 28.1. The highest BCUT2D eigenvalue weighted by molar-refractivity contribution is 5.85. The molecular formula is C24H14F8N7+. The van der Waals surface area contributed by atoms with E-state index in [1.54, 1.807) is 0 Å². The van der Waals surface area contributed by atoms with E-state index in [1.165, 1.54) is 35.1 Å². The molecule has 5 rings (SSSR count). The molecule has 15 heteroatoms. The predicted molar refractivity (Wildman–Crippen MR) is 120 cm³/mol. The molecule has 0 atom stereocenters. The van der Waals surface area contributed by atoms with Gasteiger partial charge in [-0.05, 0) is 36.4 Å². The van der Waals surface area contributed by atoms with Crippen LogP contribution in [-0.2, 0) is 18.9 Å². The van der Waals surface area contributed by atoms with Crippen LogP contribution in [0.4, 0.5) is 40.9 Å². The fraction of sp³-hybridized carbons (Fsp3) is 0.125. The number of nitrogen functional groups attached to an aromatic ring is 1. The minimum absolute atomic E-state index is 0.00871. The number of hydrogen-bond donors (Lipinski definition) is 2. The molecule has 0 bridgehead atoms. The topological polar surface area (TPSA) is 97.2 Å². The van der Waals surface area contributed by atoms with Gasteiger partial charge in [0.25, 0.3) is 0 Å². The number of benzene rings is 2. The molecule has 0 fully saturated rings. The maximum atomic E-state index is 14.2. The summed E-state index contributed by atoms with van der Waals surface area (Å²) in [6, 6.07) is 7.36. The molecule has 200 valence electrons. The largest absolute Gasteiger partial charge is 0.417 e. The van der Waals surface area contributed by atoms with Crippen LogP contribution in [0.5, 0.6) is 0 Å². The number of nitrogens with zero attached hydrogens (tertiary/aromatic N) is 5. The van der Waals surface area contributed by atoms with Crippen molar-refractivity contribution in [2.75, 3.05) is 5.73 Å². The lowest BCUT2D eigenvalue weighted by atomic mass is 10.00. The summed E-state index contributed by atoms with van der Waals surface area (Å²) in [5, 5.41) is 11.8. The van der Waals surface area contributed by atoms with Crippen molar-refractivity contribution in [2.24, 2.45) is 0 Å². The second-order valence-corrected chi connectivity index (χ2v) is 8.33. The third-order valence-electron chi connectivity index (χ3n) is 5.67. The highest BCUT2D eigenvalue weighted by Gasteiger charge is 2.38. The summed E-state index contributed by atoms with van der Waals surface area (Å²) in [6.45, 7) is -0.0603. The first-order valence-corrected chi connectivity index (χ1v) is 10.9. The Labute approximate surface area is 212 Å². The highest BCUT2D eigenvalue weighted by Crippen LogP contribution is 2.40. The molecule has 3 aromatic heterocycles. The van der Waals surface area contributed by atoms with Crippen molar-refractivity contribution in [1.29, 1.82) is 0 Å². The summed E-state index contributed by atoms with van der Waals surface area (Å²) in [5.74, 6) is -2.21. The minimum Gasteiger partial charge on any atom is -0.377 e. The van der Waals surface area contributed by atoms with E-state index < -0.39 is 40.7 Å². The van der Waals surface area contributed by atoms with E-state index in [0.717, 1.165) is 6.07 Å². The van der Waals surface area contributed by atoms with Gasteiger partial charge in [0.2, 0.25) is 18.6 Å². The number of rotatable bonds is 4. The van der Waals surface area contributed by atoms with Crippen molar-refractivity contribution in [3.63, 3.8) is 0 Å². The van der Waals surface area contributed by atoms with Crippen LogP contribution < -0.4 is 10.4 Å². The molecule has 5 aromatic rings. The molecule has 7 nitrogen and oxygen atoms in total. The molecule has 0 unspecified atom stereocenters. The van der Waals surface area contributed by atoms with E-state index >= 15 is 0 Å². The van der Waals surface area contributed by atoms with Crippen molar-refractivity contribution < 1.29 is 39.8 Å². The Balaban J connectivity index is 1.44. The summed E-state index contributed by atoms with van der Waals surface area (Å²) < 4.78 is 108. The molecular weight excluding hydrogens is 538 g/mol. The maximum absolute atomic E-state index is 14.2. The number of fused-ring (bicyclic) bond motifs is 1. The van der Waals surface area contributed by atoms with Crippen LogP contribution in [0.3, 0.4) is 0 Å². The van der Waals surface area contributed by atoms with Crippen molar-refractivity contribution in [2.45, 2.75) is 18.9 Å². The molecule has 3 heterocycles. The molecule has 0 spiro atoms. The first-order valence-electron chi connectivity index (χ1n) is 10.9. The van der Waals surface area contributed by atoms with Gasteiger partial charge in [0, 0.05) is 10.7 Å². The summed E-state index contributed by atoms with van der Waals surface area (Å²) in [7, 11) is 0. The standard InChI is InChI=1S/C24H13F8N7/c25-16-3-1-2-14(19(16)26)22-34-18-10-39(38-21(33)20(18)35-22)9-12-5-7-17(37-36-12)13-6-4-11(23(27,28)29)8-15(13)24(30,31)32/h1-8,10H,9H2,(H2,33,38)/p+1. The smallest absolute Gasteiger partial charge is 0.377 e. The number of alkyl halides is 6. The van der Waals surface area contributed by atoms with Crippen molar-refractivity contribution >= 4 is 16.9 Å². The van der Waals surface area contributed by atoms with Gasteiger partial charge in [0.15, 0.2) is 11.6 Å². The number of aromatic nitrogens is 6. The van der Waals surface area contributed by atoms with E-state index in [2.05, 4.69) is 25.3 Å². The predicted octanol–water partition coefficient (Wildman–Crippen LogP) is 5.32.